The first kappa shape index (κ1) is 12.3. The minimum Gasteiger partial charge on any atom is -0.354 e. The molecular weight excluding hydrogens is 256 g/mol. The van der Waals surface area contributed by atoms with E-state index in [1.807, 2.05) is 0 Å². The van der Waals surface area contributed by atoms with Crippen molar-refractivity contribution in [2.75, 3.05) is 0 Å². The van der Waals surface area contributed by atoms with E-state index in [4.69, 9.17) is 0 Å². The van der Waals surface area contributed by atoms with Crippen LogP contribution < -0.4 is 0 Å². The van der Waals surface area contributed by atoms with E-state index in [-0.39, 0.29) is 0 Å². The average molecular weight is 274 g/mol. The van der Waals surface area contributed by atoms with Crippen LogP contribution in [-0.2, 0) is 7.05 Å². The fraction of sp³-hybridized carbons (Fsp3) is 0.158. The third-order valence-corrected chi connectivity index (χ3v) is 4.45. The first-order chi connectivity index (χ1) is 10.1. The van der Waals surface area contributed by atoms with E-state index in [1.165, 1.54) is 44.2 Å². The summed E-state index contributed by atoms with van der Waals surface area (Å²) in [6.45, 7) is 4.35. The van der Waals surface area contributed by atoms with E-state index < -0.39 is 0 Å². The molecule has 2 aromatic carbocycles. The first-order valence-electron chi connectivity index (χ1n) is 7.28. The quantitative estimate of drug-likeness (QED) is 0.507. The molecule has 0 aliphatic heterocycles. The number of fused-ring (bicyclic) bond motifs is 2. The van der Waals surface area contributed by atoms with Gasteiger partial charge in [0.15, 0.2) is 0 Å². The van der Waals surface area contributed by atoms with Crippen LogP contribution >= 0.6 is 0 Å². The molecule has 0 saturated heterocycles. The van der Waals surface area contributed by atoms with Crippen molar-refractivity contribution in [1.29, 1.82) is 0 Å². The summed E-state index contributed by atoms with van der Waals surface area (Å²) in [4.78, 5) is 3.59. The Morgan fingerprint density at radius 2 is 1.81 bits per heavy atom. The molecule has 0 aliphatic carbocycles. The number of aromatic nitrogens is 2. The third kappa shape index (κ3) is 1.72. The monoisotopic (exact) mass is 274 g/mol. The molecule has 0 bridgehead atoms. The standard InChI is InChI=1S/C19H18N2/c1-12-5-4-6-15-11-17(20-18(12)15)16-8-7-14-9-10-21(3)19(14)13(16)2/h4-11,20H,1-3H3. The van der Waals surface area contributed by atoms with Gasteiger partial charge in [-0.25, -0.2) is 0 Å². The topological polar surface area (TPSA) is 20.7 Å². The van der Waals surface area contributed by atoms with Crippen molar-refractivity contribution in [3.05, 3.63) is 59.8 Å². The van der Waals surface area contributed by atoms with Crippen molar-refractivity contribution in [3.8, 4) is 11.3 Å². The van der Waals surface area contributed by atoms with Crippen LogP contribution in [0.4, 0.5) is 0 Å². The number of H-pyrrole nitrogens is 1. The number of rotatable bonds is 1. The number of aryl methyl sites for hydroxylation is 3. The Labute approximate surface area is 124 Å². The second-order valence-electron chi connectivity index (χ2n) is 5.82. The van der Waals surface area contributed by atoms with Gasteiger partial charge >= 0.3 is 0 Å². The molecule has 0 unspecified atom stereocenters. The van der Waals surface area contributed by atoms with Crippen LogP contribution in [0.25, 0.3) is 33.1 Å². The third-order valence-electron chi connectivity index (χ3n) is 4.45. The van der Waals surface area contributed by atoms with Crippen LogP contribution in [0.15, 0.2) is 48.7 Å². The predicted molar refractivity (Wildman–Crippen MR) is 89.7 cm³/mol. The summed E-state index contributed by atoms with van der Waals surface area (Å²) in [5, 5.41) is 2.57. The zero-order chi connectivity index (χ0) is 14.6. The molecule has 0 amide bonds. The van der Waals surface area contributed by atoms with Gasteiger partial charge in [0.2, 0.25) is 0 Å². The van der Waals surface area contributed by atoms with E-state index in [2.05, 4.69) is 79.1 Å². The maximum absolute atomic E-state index is 3.59. The van der Waals surface area contributed by atoms with Gasteiger partial charge in [0.1, 0.15) is 0 Å². The summed E-state index contributed by atoms with van der Waals surface area (Å²) < 4.78 is 2.20. The van der Waals surface area contributed by atoms with Gasteiger partial charge in [-0.3, -0.25) is 0 Å². The summed E-state index contributed by atoms with van der Waals surface area (Å²) in [7, 11) is 2.11. The van der Waals surface area contributed by atoms with Gasteiger partial charge < -0.3 is 9.55 Å². The molecule has 0 aliphatic rings. The second-order valence-corrected chi connectivity index (χ2v) is 5.82. The molecule has 0 radical (unpaired) electrons. The number of nitrogens with one attached hydrogen (secondary N) is 1. The maximum Gasteiger partial charge on any atom is 0.0514 e. The molecule has 21 heavy (non-hydrogen) atoms. The van der Waals surface area contributed by atoms with Crippen LogP contribution in [-0.4, -0.2) is 9.55 Å². The molecule has 1 N–H and O–H groups in total. The van der Waals surface area contributed by atoms with Crippen LogP contribution in [0.3, 0.4) is 0 Å². The van der Waals surface area contributed by atoms with E-state index >= 15 is 0 Å². The van der Waals surface area contributed by atoms with Crippen molar-refractivity contribution < 1.29 is 0 Å². The molecule has 0 spiro atoms. The minimum atomic E-state index is 1.19. The van der Waals surface area contributed by atoms with Crippen molar-refractivity contribution in [2.45, 2.75) is 13.8 Å². The SMILES string of the molecule is Cc1cccc2cc(-c3ccc4ccn(C)c4c3C)[nH]c12. The highest BCUT2D eigenvalue weighted by molar-refractivity contribution is 5.93. The smallest absolute Gasteiger partial charge is 0.0514 e. The zero-order valence-corrected chi connectivity index (χ0v) is 12.6. The Morgan fingerprint density at radius 1 is 0.952 bits per heavy atom. The lowest BCUT2D eigenvalue weighted by Crippen LogP contribution is -1.91. The Bertz CT molecular complexity index is 970. The van der Waals surface area contributed by atoms with Crippen LogP contribution in [0, 0.1) is 13.8 Å². The van der Waals surface area contributed by atoms with Crippen molar-refractivity contribution >= 4 is 21.8 Å². The molecule has 104 valence electrons. The Kier molecular flexibility index (Phi) is 2.49. The molecule has 4 aromatic rings. The summed E-state index contributed by atoms with van der Waals surface area (Å²) >= 11 is 0. The number of benzene rings is 2. The average Bonchev–Trinajstić information content (AvgIpc) is 3.05. The summed E-state index contributed by atoms with van der Waals surface area (Å²) in [5.74, 6) is 0. The molecular formula is C19H18N2. The van der Waals surface area contributed by atoms with E-state index in [9.17, 15) is 0 Å². The van der Waals surface area contributed by atoms with Gasteiger partial charge in [0, 0.05) is 35.4 Å². The van der Waals surface area contributed by atoms with Crippen LogP contribution in [0.1, 0.15) is 11.1 Å². The van der Waals surface area contributed by atoms with Gasteiger partial charge in [-0.2, -0.15) is 0 Å². The molecule has 2 heteroatoms. The van der Waals surface area contributed by atoms with Gasteiger partial charge in [-0.15, -0.1) is 0 Å². The molecule has 2 nitrogen and oxygen atoms in total. The summed E-state index contributed by atoms with van der Waals surface area (Å²) in [6.07, 6.45) is 2.12. The number of hydrogen-bond donors (Lipinski definition) is 1. The fourth-order valence-electron chi connectivity index (χ4n) is 3.34. The lowest BCUT2D eigenvalue weighted by molar-refractivity contribution is 0.964. The van der Waals surface area contributed by atoms with Gasteiger partial charge in [0.25, 0.3) is 0 Å². The predicted octanol–water partition coefficient (Wildman–Crippen LogP) is 4.94. The largest absolute Gasteiger partial charge is 0.354 e. The zero-order valence-electron chi connectivity index (χ0n) is 12.6. The summed E-state index contributed by atoms with van der Waals surface area (Å²) in [5.41, 5.74) is 7.63. The lowest BCUT2D eigenvalue weighted by Gasteiger charge is -2.07. The number of hydrogen-bond acceptors (Lipinski definition) is 0. The highest BCUT2D eigenvalue weighted by Gasteiger charge is 2.11. The van der Waals surface area contributed by atoms with Crippen LogP contribution in [0.2, 0.25) is 0 Å². The van der Waals surface area contributed by atoms with E-state index in [1.54, 1.807) is 0 Å². The molecule has 2 aromatic heterocycles. The lowest BCUT2D eigenvalue weighted by atomic mass is 10.0. The van der Waals surface area contributed by atoms with Crippen molar-refractivity contribution in [1.82, 2.24) is 9.55 Å². The van der Waals surface area contributed by atoms with Crippen molar-refractivity contribution in [3.63, 3.8) is 0 Å². The van der Waals surface area contributed by atoms with Crippen molar-refractivity contribution in [2.24, 2.45) is 7.05 Å². The number of para-hydroxylation sites is 1. The Morgan fingerprint density at radius 3 is 2.62 bits per heavy atom. The molecule has 4 rings (SSSR count). The Balaban J connectivity index is 2.01. The number of nitrogens with zero attached hydrogens (tertiary/aromatic N) is 1. The normalized spacial score (nSPS) is 11.6. The second kappa shape index (κ2) is 4.26. The molecule has 0 atom stereocenters. The first-order valence-corrected chi connectivity index (χ1v) is 7.28. The molecule has 0 fully saturated rings. The van der Waals surface area contributed by atoms with E-state index in [0.29, 0.717) is 0 Å². The van der Waals surface area contributed by atoms with Crippen LogP contribution in [0.5, 0.6) is 0 Å². The minimum absolute atomic E-state index is 1.19. The Hall–Kier alpha value is -2.48. The summed E-state index contributed by atoms with van der Waals surface area (Å²) in [6, 6.07) is 15.3. The maximum atomic E-state index is 3.59. The van der Waals surface area contributed by atoms with Gasteiger partial charge in [-0.1, -0.05) is 30.3 Å². The number of aromatic amines is 1. The fourth-order valence-corrected chi connectivity index (χ4v) is 3.34. The molecule has 2 heterocycles. The van der Waals surface area contributed by atoms with Gasteiger partial charge in [-0.05, 0) is 42.5 Å². The molecule has 0 saturated carbocycles. The van der Waals surface area contributed by atoms with Gasteiger partial charge in [0.05, 0.1) is 5.52 Å². The van der Waals surface area contributed by atoms with E-state index in [0.717, 1.165) is 0 Å². The highest BCUT2D eigenvalue weighted by Crippen LogP contribution is 2.32. The highest BCUT2D eigenvalue weighted by atomic mass is 14.9.